The number of phenols is 1. The summed E-state index contributed by atoms with van der Waals surface area (Å²) >= 11 is 0.946. The van der Waals surface area contributed by atoms with Crippen molar-refractivity contribution in [2.45, 2.75) is 4.74 Å². The number of esters is 1. The van der Waals surface area contributed by atoms with E-state index in [1.807, 2.05) is 9.24 Å². The average Bonchev–Trinajstić information content (AvgIpc) is 2.27. The van der Waals surface area contributed by atoms with Crippen molar-refractivity contribution in [2.75, 3.05) is 12.9 Å². The molecule has 88 valence electrons. The van der Waals surface area contributed by atoms with Gasteiger partial charge < -0.3 is 9.84 Å². The van der Waals surface area contributed by atoms with Crippen molar-refractivity contribution in [1.82, 2.24) is 0 Å². The Morgan fingerprint density at radius 2 is 2.12 bits per heavy atom. The van der Waals surface area contributed by atoms with E-state index in [1.54, 1.807) is 6.26 Å². The van der Waals surface area contributed by atoms with E-state index in [0.29, 0.717) is 0 Å². The summed E-state index contributed by atoms with van der Waals surface area (Å²) < 4.78 is 16.5. The molecule has 0 saturated heterocycles. The van der Waals surface area contributed by atoms with Gasteiger partial charge in [-0.05, 0) is 30.5 Å². The van der Waals surface area contributed by atoms with Crippen LogP contribution in [-0.4, -0.2) is 28.7 Å². The number of thioether (sulfide) groups is 1. The molecular formula is C10H12FO3PS. The number of hydrogen-bond acceptors (Lipinski definition) is 4. The lowest BCUT2D eigenvalue weighted by Gasteiger charge is -2.16. The van der Waals surface area contributed by atoms with Crippen LogP contribution in [0.2, 0.25) is 0 Å². The van der Waals surface area contributed by atoms with Crippen molar-refractivity contribution in [1.29, 1.82) is 0 Å². The lowest BCUT2D eigenvalue weighted by molar-refractivity contribution is 0.0440. The third-order valence-corrected chi connectivity index (χ3v) is 3.51. The molecule has 1 aromatic carbocycles. The van der Waals surface area contributed by atoms with Gasteiger partial charge in [0.2, 0.25) is 4.74 Å². The molecule has 0 aliphatic carbocycles. The molecule has 3 nitrogen and oxygen atoms in total. The molecule has 2 atom stereocenters. The molecule has 1 rings (SSSR count). The molecule has 0 radical (unpaired) electrons. The summed E-state index contributed by atoms with van der Waals surface area (Å²) in [5, 5.41) is 9.02. The number of carbonyl (C=O) groups excluding carboxylic acids is 1. The van der Waals surface area contributed by atoms with Crippen molar-refractivity contribution >= 4 is 27.0 Å². The first-order valence-electron chi connectivity index (χ1n) is 4.44. The molecule has 0 amide bonds. The number of hydrogen-bond donors (Lipinski definition) is 1. The second-order valence-electron chi connectivity index (χ2n) is 3.11. The smallest absolute Gasteiger partial charge is 0.338 e. The minimum atomic E-state index is -1.66. The first kappa shape index (κ1) is 13.3. The van der Waals surface area contributed by atoms with Crippen LogP contribution in [0.1, 0.15) is 10.4 Å². The van der Waals surface area contributed by atoms with Crippen LogP contribution in [-0.2, 0) is 4.74 Å². The van der Waals surface area contributed by atoms with Crippen LogP contribution >= 0.6 is 21.0 Å². The molecule has 0 fully saturated rings. The number of halogens is 1. The fourth-order valence-electron chi connectivity index (χ4n) is 0.904. The summed E-state index contributed by atoms with van der Waals surface area (Å²) in [6, 6.07) is 5.57. The highest BCUT2D eigenvalue weighted by molar-refractivity contribution is 8.03. The lowest BCUT2D eigenvalue weighted by Crippen LogP contribution is -2.19. The summed E-state index contributed by atoms with van der Waals surface area (Å²) in [5.41, 5.74) is 0.278. The summed E-state index contributed by atoms with van der Waals surface area (Å²) in [6.07, 6.45) is 1.58. The van der Waals surface area contributed by atoms with E-state index in [-0.39, 0.29) is 17.9 Å². The second-order valence-corrected chi connectivity index (χ2v) is 5.53. The molecule has 0 aliphatic heterocycles. The number of aromatic hydroxyl groups is 1. The second kappa shape index (κ2) is 5.51. The van der Waals surface area contributed by atoms with Gasteiger partial charge >= 0.3 is 5.97 Å². The van der Waals surface area contributed by atoms with Gasteiger partial charge in [0.15, 0.2) is 0 Å². The van der Waals surface area contributed by atoms with Crippen molar-refractivity contribution < 1.29 is 19.0 Å². The van der Waals surface area contributed by atoms with E-state index < -0.39 is 10.7 Å². The topological polar surface area (TPSA) is 46.5 Å². The maximum absolute atomic E-state index is 13.4. The zero-order valence-electron chi connectivity index (χ0n) is 8.64. The van der Waals surface area contributed by atoms with Crippen LogP contribution in [0.15, 0.2) is 24.3 Å². The van der Waals surface area contributed by atoms with Crippen molar-refractivity contribution in [2.24, 2.45) is 0 Å². The standard InChI is InChI=1S/C10H12FO3PS/c1-16-10(11,15)6-14-9(13)7-2-4-8(12)5-3-7/h2-5,12H,6,15H2,1H3. The zero-order valence-corrected chi connectivity index (χ0v) is 10.6. The molecule has 16 heavy (non-hydrogen) atoms. The summed E-state index contributed by atoms with van der Waals surface area (Å²) in [5.74, 6) is -0.551. The minimum Gasteiger partial charge on any atom is -0.508 e. The summed E-state index contributed by atoms with van der Waals surface area (Å²) in [4.78, 5) is 11.4. The van der Waals surface area contributed by atoms with Gasteiger partial charge in [0.25, 0.3) is 0 Å². The van der Waals surface area contributed by atoms with Gasteiger partial charge in [0.05, 0.1) is 5.56 Å². The molecule has 1 N–H and O–H groups in total. The van der Waals surface area contributed by atoms with Gasteiger partial charge in [-0.1, -0.05) is 9.24 Å². The Morgan fingerprint density at radius 1 is 1.56 bits per heavy atom. The highest BCUT2D eigenvalue weighted by Crippen LogP contribution is 2.32. The normalized spacial score (nSPS) is 14.2. The summed E-state index contributed by atoms with van der Waals surface area (Å²) in [7, 11) is 1.98. The predicted octanol–water partition coefficient (Wildman–Crippen LogP) is 2.41. The molecule has 0 bridgehead atoms. The quantitative estimate of drug-likeness (QED) is 0.668. The Hall–Kier alpha value is -0.800. The minimum absolute atomic E-state index is 0.0616. The largest absolute Gasteiger partial charge is 0.508 e. The molecule has 0 heterocycles. The van der Waals surface area contributed by atoms with Crippen LogP contribution in [0.5, 0.6) is 5.75 Å². The number of rotatable bonds is 4. The van der Waals surface area contributed by atoms with E-state index >= 15 is 0 Å². The maximum Gasteiger partial charge on any atom is 0.338 e. The van der Waals surface area contributed by atoms with Crippen molar-refractivity contribution in [3.8, 4) is 5.75 Å². The average molecular weight is 262 g/mol. The zero-order chi connectivity index (χ0) is 12.2. The molecule has 0 aromatic heterocycles. The molecular weight excluding hydrogens is 250 g/mol. The van der Waals surface area contributed by atoms with E-state index in [4.69, 9.17) is 9.84 Å². The number of carbonyl (C=O) groups is 1. The highest BCUT2D eigenvalue weighted by Gasteiger charge is 2.24. The Labute approximate surface area is 99.6 Å². The Balaban J connectivity index is 2.56. The van der Waals surface area contributed by atoms with Crippen LogP contribution < -0.4 is 0 Å². The number of phenolic OH excluding ortho intramolecular Hbond substituents is 1. The van der Waals surface area contributed by atoms with Gasteiger partial charge in [-0.15, -0.1) is 11.8 Å². The number of benzene rings is 1. The lowest BCUT2D eigenvalue weighted by atomic mass is 10.2. The van der Waals surface area contributed by atoms with Gasteiger partial charge in [0.1, 0.15) is 12.4 Å². The van der Waals surface area contributed by atoms with Crippen LogP contribution in [0.25, 0.3) is 0 Å². The SMILES string of the molecule is CSC(F)(P)COC(=O)c1ccc(O)cc1. The van der Waals surface area contributed by atoms with Gasteiger partial charge in [-0.2, -0.15) is 0 Å². The van der Waals surface area contributed by atoms with Crippen LogP contribution in [0, 0.1) is 0 Å². The number of ether oxygens (including phenoxy) is 1. The molecule has 1 aromatic rings. The molecule has 0 aliphatic rings. The van der Waals surface area contributed by atoms with Gasteiger partial charge in [-0.3, -0.25) is 0 Å². The van der Waals surface area contributed by atoms with Crippen molar-refractivity contribution in [3.63, 3.8) is 0 Å². The molecule has 6 heteroatoms. The molecule has 2 unspecified atom stereocenters. The third kappa shape index (κ3) is 3.99. The predicted molar refractivity (Wildman–Crippen MR) is 65.5 cm³/mol. The number of alkyl halides is 1. The fraction of sp³-hybridized carbons (Fsp3) is 0.300. The Bertz CT molecular complexity index is 367. The fourth-order valence-corrected chi connectivity index (χ4v) is 1.16. The van der Waals surface area contributed by atoms with Crippen LogP contribution in [0.3, 0.4) is 0 Å². The first-order valence-corrected chi connectivity index (χ1v) is 6.24. The van der Waals surface area contributed by atoms with Crippen molar-refractivity contribution in [3.05, 3.63) is 29.8 Å². The van der Waals surface area contributed by atoms with E-state index in [9.17, 15) is 9.18 Å². The Morgan fingerprint density at radius 3 is 2.62 bits per heavy atom. The van der Waals surface area contributed by atoms with Gasteiger partial charge in [-0.25, -0.2) is 9.18 Å². The monoisotopic (exact) mass is 262 g/mol. The third-order valence-electron chi connectivity index (χ3n) is 1.84. The van der Waals surface area contributed by atoms with Gasteiger partial charge in [0, 0.05) is 0 Å². The van der Waals surface area contributed by atoms with Crippen LogP contribution in [0.4, 0.5) is 4.39 Å². The Kier molecular flexibility index (Phi) is 4.56. The van der Waals surface area contributed by atoms with E-state index in [1.165, 1.54) is 24.3 Å². The maximum atomic E-state index is 13.4. The summed E-state index contributed by atoms with van der Waals surface area (Å²) in [6.45, 7) is -0.335. The molecule has 0 saturated carbocycles. The highest BCUT2D eigenvalue weighted by atomic mass is 32.2. The molecule has 0 spiro atoms. The van der Waals surface area contributed by atoms with E-state index in [0.717, 1.165) is 11.8 Å². The van der Waals surface area contributed by atoms with E-state index in [2.05, 4.69) is 0 Å². The first-order chi connectivity index (χ1) is 7.44.